The number of unbranched alkanes of at least 4 members (excludes halogenated alkanes) is 10. The molecular weight excluding hydrogens is 991 g/mol. The second-order valence-electron chi connectivity index (χ2n) is 20.9. The molecule has 0 radical (unpaired) electrons. The molecule has 2 aliphatic carbocycles. The molecule has 0 aromatic heterocycles. The number of amides is 2. The normalized spacial score (nSPS) is 21.1. The number of rotatable bonds is 31. The van der Waals surface area contributed by atoms with Gasteiger partial charge in [0, 0.05) is 50.1 Å². The third kappa shape index (κ3) is 14.2. The predicted molar refractivity (Wildman–Crippen MR) is 300 cm³/mol. The van der Waals surface area contributed by atoms with Crippen molar-refractivity contribution in [2.24, 2.45) is 22.9 Å². The van der Waals surface area contributed by atoms with Crippen molar-refractivity contribution in [3.8, 4) is 34.5 Å². The molecule has 6 atom stereocenters. The van der Waals surface area contributed by atoms with Crippen LogP contribution < -0.4 is 33.7 Å². The van der Waals surface area contributed by atoms with Gasteiger partial charge in [0.25, 0.3) is 0 Å². The third-order valence-corrected chi connectivity index (χ3v) is 15.7. The van der Waals surface area contributed by atoms with E-state index < -0.39 is 23.8 Å². The highest BCUT2D eigenvalue weighted by Gasteiger charge is 2.65. The molecule has 2 aliphatic heterocycles. The maximum absolute atomic E-state index is 15.5. The number of oxime groups is 1. The molecule has 0 unspecified atom stereocenters. The van der Waals surface area contributed by atoms with E-state index in [-0.39, 0.29) is 75.6 Å². The number of carbonyl (C=O) groups excluding carboxylic acids is 2. The summed E-state index contributed by atoms with van der Waals surface area (Å²) in [6.45, 7) is 7.13. The first-order valence-electron chi connectivity index (χ1n) is 28.4. The van der Waals surface area contributed by atoms with Gasteiger partial charge in [0.1, 0.15) is 35.6 Å². The molecule has 2 amide bonds. The maximum atomic E-state index is 15.5. The number of ether oxygens (including phenoxy) is 7. The zero-order valence-electron chi connectivity index (χ0n) is 46.0. The van der Waals surface area contributed by atoms with Crippen LogP contribution in [0.1, 0.15) is 139 Å². The molecule has 0 spiro atoms. The van der Waals surface area contributed by atoms with E-state index in [2.05, 4.69) is 24.9 Å². The first kappa shape index (κ1) is 57.6. The molecule has 2 heterocycles. The van der Waals surface area contributed by atoms with E-state index in [9.17, 15) is 15.0 Å². The molecule has 4 aromatic carbocycles. The maximum Gasteiger partial charge on any atom is 0.417 e. The van der Waals surface area contributed by atoms with Crippen molar-refractivity contribution < 1.29 is 57.8 Å². The Kier molecular flexibility index (Phi) is 21.3. The Bertz CT molecular complexity index is 2660. The summed E-state index contributed by atoms with van der Waals surface area (Å²) in [5.41, 5.74) is 4.60. The minimum absolute atomic E-state index is 0.0150. The Hall–Kier alpha value is -6.55. The second-order valence-corrected chi connectivity index (χ2v) is 20.9. The molecular formula is C63H81N3O12. The topological polar surface area (TPSA) is 176 Å². The van der Waals surface area contributed by atoms with E-state index in [4.69, 9.17) is 43.2 Å². The Morgan fingerprint density at radius 1 is 0.795 bits per heavy atom. The smallest absolute Gasteiger partial charge is 0.417 e. The van der Waals surface area contributed by atoms with E-state index in [0.29, 0.717) is 59.4 Å². The number of carbonyl (C=O) groups is 2. The van der Waals surface area contributed by atoms with Crippen molar-refractivity contribution in [1.82, 2.24) is 4.90 Å². The zero-order chi connectivity index (χ0) is 54.7. The quantitative estimate of drug-likeness (QED) is 0.0247. The summed E-state index contributed by atoms with van der Waals surface area (Å²) in [4.78, 5) is 37.6. The highest BCUT2D eigenvalue weighted by molar-refractivity contribution is 6.03. The first-order chi connectivity index (χ1) is 38.2. The van der Waals surface area contributed by atoms with Gasteiger partial charge in [0.15, 0.2) is 11.5 Å². The van der Waals surface area contributed by atoms with Gasteiger partial charge in [-0.3, -0.25) is 10.1 Å². The first-order valence-corrected chi connectivity index (χ1v) is 28.4. The zero-order valence-corrected chi connectivity index (χ0v) is 46.0. The highest BCUT2D eigenvalue weighted by atomic mass is 16.7. The van der Waals surface area contributed by atoms with Crippen molar-refractivity contribution in [3.05, 3.63) is 126 Å². The Morgan fingerprint density at radius 3 is 2.27 bits per heavy atom. The summed E-state index contributed by atoms with van der Waals surface area (Å²) >= 11 is 0. The number of nitrogens with zero attached hydrogens (tertiary/aromatic N) is 2. The van der Waals surface area contributed by atoms with Crippen LogP contribution in [-0.2, 0) is 27.5 Å². The van der Waals surface area contributed by atoms with Crippen LogP contribution in [-0.4, -0.2) is 85.5 Å². The van der Waals surface area contributed by atoms with Crippen molar-refractivity contribution in [2.45, 2.75) is 147 Å². The molecule has 15 heteroatoms. The van der Waals surface area contributed by atoms with Gasteiger partial charge in [-0.25, -0.2) is 4.79 Å². The summed E-state index contributed by atoms with van der Waals surface area (Å²) < 4.78 is 43.5. The monoisotopic (exact) mass is 1070 g/mol. The van der Waals surface area contributed by atoms with Gasteiger partial charge in [-0.05, 0) is 103 Å². The van der Waals surface area contributed by atoms with E-state index in [1.165, 1.54) is 39.2 Å². The number of hydrogen-bond donors (Lipinski definition) is 3. The fourth-order valence-corrected chi connectivity index (χ4v) is 12.0. The number of hydrogen-bond acceptors (Lipinski definition) is 13. The predicted octanol–water partition coefficient (Wildman–Crippen LogP) is 12.8. The molecule has 1 fully saturated rings. The summed E-state index contributed by atoms with van der Waals surface area (Å²) in [5, 5.41) is 28.2. The van der Waals surface area contributed by atoms with Crippen LogP contribution in [0.3, 0.4) is 0 Å². The van der Waals surface area contributed by atoms with Crippen LogP contribution in [0.2, 0.25) is 0 Å². The van der Waals surface area contributed by atoms with Gasteiger partial charge in [-0.2, -0.15) is 0 Å². The lowest BCUT2D eigenvalue weighted by Gasteiger charge is -2.60. The van der Waals surface area contributed by atoms with Crippen LogP contribution in [0.4, 0.5) is 10.5 Å². The van der Waals surface area contributed by atoms with Crippen molar-refractivity contribution >= 4 is 23.4 Å². The average Bonchev–Trinajstić information content (AvgIpc) is 2.78. The minimum atomic E-state index is -1.50. The Balaban J connectivity index is 1.25. The van der Waals surface area contributed by atoms with Gasteiger partial charge >= 0.3 is 6.09 Å². The largest absolute Gasteiger partial charge is 0.497 e. The molecule has 15 nitrogen and oxygen atoms in total. The fraction of sp³-hybridized carbons (Fsp3) is 0.508. The Morgan fingerprint density at radius 2 is 1.53 bits per heavy atom. The van der Waals surface area contributed by atoms with Gasteiger partial charge in [-0.15, -0.1) is 6.58 Å². The Labute approximate surface area is 460 Å². The number of methoxy groups -OCH3 is 2. The van der Waals surface area contributed by atoms with E-state index in [1.807, 2.05) is 65.6 Å². The fourth-order valence-electron chi connectivity index (χ4n) is 12.0. The molecule has 0 bridgehead atoms. The lowest BCUT2D eigenvalue weighted by molar-refractivity contribution is -0.258. The number of nitrogens with one attached hydrogen (secondary N) is 1. The number of benzene rings is 4. The van der Waals surface area contributed by atoms with Crippen LogP contribution in [0.15, 0.2) is 114 Å². The van der Waals surface area contributed by atoms with Crippen LogP contribution in [0, 0.1) is 17.8 Å². The standard InChI is InChI=1S/C63H81N3O12/c1-5-7-8-9-10-11-12-13-17-26-59(69)66(41-45-27-31-55-57(36-45)74-43-73-55)58-40-53(65-76-42-44-22-15-14-16-23-44)50-37-46(24-18-20-33-67)49(25-19-21-34-68)60-51-38-48(29-32-54(51)78-63(58,61(50)60)75-35-6-2)77-62(70)64-52-30-28-47(71-3)39-56(52)72-4/h6,14-16,22-23,27-32,36-39,46,49,58,60-61,67-68H,2,5,7-13,17-21,24-26,33-35,40-43H2,1,3-4H3,(H,64,70)/t46-,49+,58-,60+,61+,63+/m0/s1. The molecule has 3 N–H and O–H groups in total. The van der Waals surface area contributed by atoms with Crippen molar-refractivity contribution in [1.29, 1.82) is 0 Å². The summed E-state index contributed by atoms with van der Waals surface area (Å²) in [5.74, 6) is 0.504. The van der Waals surface area contributed by atoms with Crippen LogP contribution in [0.25, 0.3) is 0 Å². The second kappa shape index (κ2) is 28.9. The van der Waals surface area contributed by atoms with Gasteiger partial charge in [-0.1, -0.05) is 125 Å². The SMILES string of the molecule is C=CCO[C@@]12Oc3ccc(OC(=O)Nc4ccc(OC)cc4OC)cc3[C@H]3[C@H](CCCCO)[C@@H](CCCCO)C=C(C(=NOCc4ccccc4)C[C@@H]1N(Cc1ccc4c(c1)OCO4)C(=O)CCCCCCCCCCC)[C@H]32. The summed E-state index contributed by atoms with van der Waals surface area (Å²) in [7, 11) is 3.07. The molecule has 1 saturated carbocycles. The van der Waals surface area contributed by atoms with Crippen molar-refractivity contribution in [3.63, 3.8) is 0 Å². The van der Waals surface area contributed by atoms with Gasteiger partial charge in [0.2, 0.25) is 18.5 Å². The lowest BCUT2D eigenvalue weighted by Crippen LogP contribution is -2.70. The molecule has 8 rings (SSSR count). The highest BCUT2D eigenvalue weighted by Crippen LogP contribution is 2.62. The number of anilines is 1. The third-order valence-electron chi connectivity index (χ3n) is 15.7. The number of aliphatic hydroxyl groups excluding tert-OH is 2. The van der Waals surface area contributed by atoms with Crippen molar-refractivity contribution in [2.75, 3.05) is 46.1 Å². The van der Waals surface area contributed by atoms with Gasteiger partial charge < -0.3 is 53.1 Å². The van der Waals surface area contributed by atoms with E-state index >= 15 is 4.79 Å². The average molecular weight is 1070 g/mol. The summed E-state index contributed by atoms with van der Waals surface area (Å²) in [6, 6.07) is 25.5. The summed E-state index contributed by atoms with van der Waals surface area (Å²) in [6.07, 6.45) is 18.2. The van der Waals surface area contributed by atoms with Crippen LogP contribution >= 0.6 is 0 Å². The molecule has 4 aromatic rings. The lowest BCUT2D eigenvalue weighted by atomic mass is 9.55. The van der Waals surface area contributed by atoms with Crippen LogP contribution in [0.5, 0.6) is 34.5 Å². The van der Waals surface area contributed by atoms with E-state index in [1.54, 1.807) is 37.5 Å². The minimum Gasteiger partial charge on any atom is -0.497 e. The molecule has 4 aliphatic rings. The molecule has 0 saturated heterocycles. The van der Waals surface area contributed by atoms with Gasteiger partial charge in [0.05, 0.1) is 38.1 Å². The number of allylic oxidation sites excluding steroid dienone is 1. The number of aliphatic hydroxyl groups is 2. The molecule has 420 valence electrons. The number of fused-ring (bicyclic) bond motifs is 3. The van der Waals surface area contributed by atoms with E-state index in [0.717, 1.165) is 73.6 Å². The molecule has 78 heavy (non-hydrogen) atoms.